The first-order valence-corrected chi connectivity index (χ1v) is 6.51. The molecule has 0 spiro atoms. The highest BCUT2D eigenvalue weighted by molar-refractivity contribution is 7.92. The van der Waals surface area contributed by atoms with Gasteiger partial charge < -0.3 is 0 Å². The summed E-state index contributed by atoms with van der Waals surface area (Å²) in [7, 11) is -3.27. The van der Waals surface area contributed by atoms with Crippen LogP contribution in [0, 0.1) is 0 Å². The summed E-state index contributed by atoms with van der Waals surface area (Å²) in [5.41, 5.74) is 0.601. The van der Waals surface area contributed by atoms with Crippen LogP contribution in [0.2, 0.25) is 0 Å². The van der Waals surface area contributed by atoms with Crippen molar-refractivity contribution in [2.24, 2.45) is 0 Å². The minimum Gasteiger partial charge on any atom is -0.262 e. The van der Waals surface area contributed by atoms with Gasteiger partial charge in [-0.3, -0.25) is 9.97 Å². The molecule has 2 heterocycles. The molecule has 0 aliphatic carbocycles. The van der Waals surface area contributed by atoms with Gasteiger partial charge in [0.2, 0.25) is 0 Å². The molecule has 2 aromatic rings. The van der Waals surface area contributed by atoms with Gasteiger partial charge in [0.1, 0.15) is 0 Å². The highest BCUT2D eigenvalue weighted by atomic mass is 32.2. The van der Waals surface area contributed by atoms with Crippen molar-refractivity contribution in [2.45, 2.75) is 24.0 Å². The molecule has 4 nitrogen and oxygen atoms in total. The summed E-state index contributed by atoms with van der Waals surface area (Å²) in [5, 5.41) is 0.192. The molecule has 0 amide bonds. The maximum atomic E-state index is 12.1. The van der Waals surface area contributed by atoms with Crippen LogP contribution in [0.4, 0.5) is 0 Å². The number of nitrogens with zero attached hydrogens (tertiary/aromatic N) is 2. The second kappa shape index (κ2) is 3.83. The SMILES string of the molecule is CC(C)S(=O)(=O)c1ccnc2cnccc12. The Morgan fingerprint density at radius 1 is 1.19 bits per heavy atom. The molecule has 0 unspecified atom stereocenters. The van der Waals surface area contributed by atoms with Crippen molar-refractivity contribution in [3.05, 3.63) is 30.7 Å². The summed E-state index contributed by atoms with van der Waals surface area (Å²) in [6, 6.07) is 3.22. The van der Waals surface area contributed by atoms with Crippen LogP contribution >= 0.6 is 0 Å². The van der Waals surface area contributed by atoms with Gasteiger partial charge in [0.25, 0.3) is 0 Å². The van der Waals surface area contributed by atoms with Crippen molar-refractivity contribution in [1.29, 1.82) is 0 Å². The fourth-order valence-electron chi connectivity index (χ4n) is 1.47. The predicted octanol–water partition coefficient (Wildman–Crippen LogP) is 1.81. The van der Waals surface area contributed by atoms with E-state index >= 15 is 0 Å². The minimum atomic E-state index is -3.27. The number of sulfone groups is 1. The number of pyridine rings is 2. The van der Waals surface area contributed by atoms with Crippen molar-refractivity contribution in [1.82, 2.24) is 9.97 Å². The van der Waals surface area contributed by atoms with E-state index in [1.54, 1.807) is 32.3 Å². The Bertz CT molecular complexity index is 615. The average molecular weight is 236 g/mol. The highest BCUT2D eigenvalue weighted by Gasteiger charge is 2.21. The Morgan fingerprint density at radius 2 is 1.94 bits per heavy atom. The smallest absolute Gasteiger partial charge is 0.181 e. The molecule has 0 fully saturated rings. The molecule has 0 radical (unpaired) electrons. The summed E-state index contributed by atoms with van der Waals surface area (Å²) in [5.74, 6) is 0. The van der Waals surface area contributed by atoms with Gasteiger partial charge in [0.15, 0.2) is 9.84 Å². The number of hydrogen-bond acceptors (Lipinski definition) is 4. The van der Waals surface area contributed by atoms with E-state index in [0.29, 0.717) is 15.8 Å². The molecule has 2 aromatic heterocycles. The fraction of sp³-hybridized carbons (Fsp3) is 0.273. The van der Waals surface area contributed by atoms with E-state index in [9.17, 15) is 8.42 Å². The topological polar surface area (TPSA) is 59.9 Å². The number of hydrogen-bond donors (Lipinski definition) is 0. The predicted molar refractivity (Wildman–Crippen MR) is 61.9 cm³/mol. The molecule has 0 aliphatic rings. The zero-order valence-electron chi connectivity index (χ0n) is 9.08. The van der Waals surface area contributed by atoms with Crippen molar-refractivity contribution in [2.75, 3.05) is 0 Å². The van der Waals surface area contributed by atoms with Crippen LogP contribution in [0.25, 0.3) is 10.9 Å². The molecule has 84 valence electrons. The quantitative estimate of drug-likeness (QED) is 0.798. The summed E-state index contributed by atoms with van der Waals surface area (Å²) in [6.07, 6.45) is 4.64. The second-order valence-corrected chi connectivity index (χ2v) is 6.27. The van der Waals surface area contributed by atoms with Gasteiger partial charge in [-0.2, -0.15) is 0 Å². The van der Waals surface area contributed by atoms with Crippen LogP contribution in [0.5, 0.6) is 0 Å². The van der Waals surface area contributed by atoms with E-state index in [0.717, 1.165) is 0 Å². The Labute approximate surface area is 94.3 Å². The standard InChI is InChI=1S/C11H12N2O2S/c1-8(2)16(14,15)11-4-6-13-10-7-12-5-3-9(10)11/h3-8H,1-2H3. The molecule has 0 bridgehead atoms. The maximum Gasteiger partial charge on any atom is 0.181 e. The van der Waals surface area contributed by atoms with Gasteiger partial charge >= 0.3 is 0 Å². The molecule has 0 saturated carbocycles. The van der Waals surface area contributed by atoms with Gasteiger partial charge in [-0.15, -0.1) is 0 Å². The fourth-order valence-corrected chi connectivity index (χ4v) is 2.71. The average Bonchev–Trinajstić information content (AvgIpc) is 2.28. The van der Waals surface area contributed by atoms with Gasteiger partial charge in [-0.05, 0) is 26.0 Å². The Hall–Kier alpha value is -1.49. The van der Waals surface area contributed by atoms with Crippen LogP contribution < -0.4 is 0 Å². The van der Waals surface area contributed by atoms with Crippen molar-refractivity contribution in [3.8, 4) is 0 Å². The summed E-state index contributed by atoms with van der Waals surface area (Å²) < 4.78 is 24.2. The molecular weight excluding hydrogens is 224 g/mol. The van der Waals surface area contributed by atoms with E-state index in [-0.39, 0.29) is 0 Å². The van der Waals surface area contributed by atoms with Crippen LogP contribution in [0.3, 0.4) is 0 Å². The van der Waals surface area contributed by atoms with Crippen LogP contribution in [0.1, 0.15) is 13.8 Å². The zero-order chi connectivity index (χ0) is 11.8. The monoisotopic (exact) mass is 236 g/mol. The van der Waals surface area contributed by atoms with Crippen molar-refractivity contribution in [3.63, 3.8) is 0 Å². The summed E-state index contributed by atoms with van der Waals surface area (Å²) >= 11 is 0. The van der Waals surface area contributed by atoms with E-state index in [1.807, 2.05) is 0 Å². The minimum absolute atomic E-state index is 0.329. The van der Waals surface area contributed by atoms with Crippen molar-refractivity contribution < 1.29 is 8.42 Å². The third-order valence-electron chi connectivity index (χ3n) is 2.43. The summed E-state index contributed by atoms with van der Waals surface area (Å²) in [6.45, 7) is 3.34. The second-order valence-electron chi connectivity index (χ2n) is 3.80. The summed E-state index contributed by atoms with van der Waals surface area (Å²) in [4.78, 5) is 8.34. The molecule has 16 heavy (non-hydrogen) atoms. The number of aromatic nitrogens is 2. The van der Waals surface area contributed by atoms with Gasteiger partial charge in [0.05, 0.1) is 21.9 Å². The molecule has 0 atom stereocenters. The molecule has 0 aromatic carbocycles. The van der Waals surface area contributed by atoms with Crippen LogP contribution in [-0.2, 0) is 9.84 Å². The van der Waals surface area contributed by atoms with E-state index in [1.165, 1.54) is 12.3 Å². The Morgan fingerprint density at radius 3 is 2.62 bits per heavy atom. The first-order chi connectivity index (χ1) is 7.53. The zero-order valence-corrected chi connectivity index (χ0v) is 9.90. The molecule has 2 rings (SSSR count). The molecule has 5 heteroatoms. The lowest BCUT2D eigenvalue weighted by Gasteiger charge is -2.09. The molecule has 0 N–H and O–H groups in total. The lowest BCUT2D eigenvalue weighted by atomic mass is 10.3. The van der Waals surface area contributed by atoms with Crippen LogP contribution in [0.15, 0.2) is 35.6 Å². The molecule has 0 aliphatic heterocycles. The van der Waals surface area contributed by atoms with E-state index in [2.05, 4.69) is 9.97 Å². The third-order valence-corrected chi connectivity index (χ3v) is 4.64. The van der Waals surface area contributed by atoms with E-state index in [4.69, 9.17) is 0 Å². The van der Waals surface area contributed by atoms with E-state index < -0.39 is 15.1 Å². The number of fused-ring (bicyclic) bond motifs is 1. The highest BCUT2D eigenvalue weighted by Crippen LogP contribution is 2.23. The Balaban J connectivity index is 2.80. The normalized spacial score (nSPS) is 12.2. The number of rotatable bonds is 2. The van der Waals surface area contributed by atoms with Crippen molar-refractivity contribution >= 4 is 20.7 Å². The largest absolute Gasteiger partial charge is 0.262 e. The Kier molecular flexibility index (Phi) is 2.63. The third kappa shape index (κ3) is 1.67. The first-order valence-electron chi connectivity index (χ1n) is 4.96. The van der Waals surface area contributed by atoms with Gasteiger partial charge in [-0.25, -0.2) is 8.42 Å². The first kappa shape index (κ1) is 11.0. The maximum absolute atomic E-state index is 12.1. The lowest BCUT2D eigenvalue weighted by Crippen LogP contribution is -2.14. The molecular formula is C11H12N2O2S. The lowest BCUT2D eigenvalue weighted by molar-refractivity contribution is 0.588. The van der Waals surface area contributed by atoms with Crippen LogP contribution in [-0.4, -0.2) is 23.6 Å². The molecule has 0 saturated heterocycles. The van der Waals surface area contributed by atoms with Gasteiger partial charge in [0, 0.05) is 17.8 Å². The van der Waals surface area contributed by atoms with Gasteiger partial charge in [-0.1, -0.05) is 0 Å².